The number of nitrogens with one attached hydrogen (secondary N) is 8. The predicted octanol–water partition coefficient (Wildman–Crippen LogP) is -1.85. The number of aliphatic imine (C=N–C) groups is 1. The molecule has 0 aromatic carbocycles. The van der Waals surface area contributed by atoms with Gasteiger partial charge < -0.3 is 59.1 Å². The summed E-state index contributed by atoms with van der Waals surface area (Å²) in [6.45, 7) is 16.7. The highest BCUT2D eigenvalue weighted by Crippen LogP contribution is 2.13. The largest absolute Gasteiger partial charge is 0.391 e. The van der Waals surface area contributed by atoms with Crippen molar-refractivity contribution >= 4 is 53.2 Å². The third kappa shape index (κ3) is 19.4. The molecule has 0 unspecified atom stereocenters. The number of hydrogen-bond acceptors (Lipinski definition) is 10. The van der Waals surface area contributed by atoms with Crippen molar-refractivity contribution in [3.8, 4) is 0 Å². The quantitative estimate of drug-likeness (QED) is 0.0248. The van der Waals surface area contributed by atoms with Crippen LogP contribution in [0.25, 0.3) is 0 Å². The molecule has 0 aliphatic carbocycles. The van der Waals surface area contributed by atoms with Crippen molar-refractivity contribution in [3.05, 3.63) is 0 Å². The summed E-state index contributed by atoms with van der Waals surface area (Å²) in [5, 5.41) is 31.5. The molecule has 0 spiro atoms. The van der Waals surface area contributed by atoms with Gasteiger partial charge >= 0.3 is 0 Å². The number of amides is 8. The first-order valence-corrected chi connectivity index (χ1v) is 20.2. The molecule has 20 nitrogen and oxygen atoms in total. The van der Waals surface area contributed by atoms with E-state index in [0.29, 0.717) is 32.2 Å². The van der Waals surface area contributed by atoms with Gasteiger partial charge in [0.15, 0.2) is 5.96 Å². The molecule has 13 N–H and O–H groups in total. The Morgan fingerprint density at radius 2 is 1.05 bits per heavy atom. The van der Waals surface area contributed by atoms with Gasteiger partial charge in [0.2, 0.25) is 47.3 Å². The maximum atomic E-state index is 13.8. The molecule has 0 saturated heterocycles. The molecule has 0 heterocycles. The fraction of sp³-hybridized carbons (Fsp3) is 0.763. The molecular weight excluding hydrogens is 754 g/mol. The van der Waals surface area contributed by atoms with Gasteiger partial charge in [0.25, 0.3) is 0 Å². The van der Waals surface area contributed by atoms with Gasteiger partial charge in [0, 0.05) is 20.0 Å². The number of aliphatic hydroxyl groups excluding tert-OH is 1. The van der Waals surface area contributed by atoms with Crippen molar-refractivity contribution in [2.75, 3.05) is 19.6 Å². The third-order valence-electron chi connectivity index (χ3n) is 9.55. The van der Waals surface area contributed by atoms with Crippen LogP contribution in [0.2, 0.25) is 0 Å². The summed E-state index contributed by atoms with van der Waals surface area (Å²) in [4.78, 5) is 109. The molecule has 0 rings (SSSR count). The number of carbonyl (C=O) groups excluding carboxylic acids is 8. The molecule has 0 aromatic rings. The molecule has 0 aliphatic heterocycles. The van der Waals surface area contributed by atoms with Crippen molar-refractivity contribution in [2.45, 2.75) is 150 Å². The first kappa shape index (κ1) is 53.0. The minimum atomic E-state index is -1.56. The van der Waals surface area contributed by atoms with E-state index in [9.17, 15) is 43.5 Å². The fourth-order valence-corrected chi connectivity index (χ4v) is 5.66. The maximum Gasteiger partial charge on any atom is 0.245 e. The maximum absolute atomic E-state index is 13.8. The van der Waals surface area contributed by atoms with Gasteiger partial charge in [-0.2, -0.15) is 0 Å². The van der Waals surface area contributed by atoms with Crippen molar-refractivity contribution in [1.82, 2.24) is 42.5 Å². The van der Waals surface area contributed by atoms with E-state index < -0.39 is 107 Å². The minimum absolute atomic E-state index is 0.103. The SMILES string of the molecule is CCC[C@H](NC(=O)[C@@H](NC(=O)[C@H](NC(=O)[C@@H](NC(=O)CNC(C)=O)C(C)C)[C@@H](C)CC)[C@@H](C)O)C(=O)N[C@H](C(=O)N[C@@H](CCCN=C(N)N)C(=O)NCC)[C@@H](C)CC. The molecular formula is C38H71N11O9. The summed E-state index contributed by atoms with van der Waals surface area (Å²) in [6, 6.07) is -7.06. The Kier molecular flexibility index (Phi) is 25.2. The van der Waals surface area contributed by atoms with Crippen molar-refractivity contribution in [3.63, 3.8) is 0 Å². The van der Waals surface area contributed by atoms with Crippen LogP contribution >= 0.6 is 0 Å². The van der Waals surface area contributed by atoms with Crippen LogP contribution in [-0.4, -0.2) is 120 Å². The number of nitrogens with two attached hydrogens (primary N) is 2. The summed E-state index contributed by atoms with van der Waals surface area (Å²) in [5.74, 6) is -6.48. The lowest BCUT2D eigenvalue weighted by molar-refractivity contribution is -0.138. The van der Waals surface area contributed by atoms with Crippen molar-refractivity contribution in [1.29, 1.82) is 0 Å². The Labute approximate surface area is 342 Å². The molecule has 58 heavy (non-hydrogen) atoms. The second-order valence-corrected chi connectivity index (χ2v) is 14.9. The normalized spacial score (nSPS) is 15.7. The summed E-state index contributed by atoms with van der Waals surface area (Å²) < 4.78 is 0. The number of aliphatic hydroxyl groups is 1. The van der Waals surface area contributed by atoms with Crippen LogP contribution in [0.5, 0.6) is 0 Å². The van der Waals surface area contributed by atoms with E-state index in [4.69, 9.17) is 11.5 Å². The Balaban J connectivity index is 6.18. The lowest BCUT2D eigenvalue weighted by Crippen LogP contribution is -2.63. The van der Waals surface area contributed by atoms with Crippen LogP contribution in [0, 0.1) is 17.8 Å². The van der Waals surface area contributed by atoms with Gasteiger partial charge in [-0.15, -0.1) is 0 Å². The van der Waals surface area contributed by atoms with Crippen LogP contribution in [0.4, 0.5) is 0 Å². The summed E-state index contributed by atoms with van der Waals surface area (Å²) >= 11 is 0. The smallest absolute Gasteiger partial charge is 0.245 e. The van der Waals surface area contributed by atoms with E-state index >= 15 is 0 Å². The predicted molar refractivity (Wildman–Crippen MR) is 219 cm³/mol. The van der Waals surface area contributed by atoms with E-state index in [1.165, 1.54) is 13.8 Å². The molecule has 0 aliphatic rings. The second kappa shape index (κ2) is 27.6. The molecule has 0 radical (unpaired) electrons. The Morgan fingerprint density at radius 3 is 1.50 bits per heavy atom. The first-order valence-electron chi connectivity index (χ1n) is 20.2. The lowest BCUT2D eigenvalue weighted by Gasteiger charge is -2.31. The fourth-order valence-electron chi connectivity index (χ4n) is 5.66. The number of carbonyl (C=O) groups is 8. The lowest BCUT2D eigenvalue weighted by atomic mass is 9.95. The van der Waals surface area contributed by atoms with Gasteiger partial charge in [-0.3, -0.25) is 43.3 Å². The van der Waals surface area contributed by atoms with Crippen molar-refractivity contribution < 1.29 is 43.5 Å². The highest BCUT2D eigenvalue weighted by atomic mass is 16.3. The molecule has 332 valence electrons. The number of rotatable bonds is 27. The Hall–Kier alpha value is -5.01. The summed E-state index contributed by atoms with van der Waals surface area (Å²) in [5.41, 5.74) is 10.8. The van der Waals surface area contributed by atoms with Crippen molar-refractivity contribution in [2.24, 2.45) is 34.2 Å². The van der Waals surface area contributed by atoms with Gasteiger partial charge in [-0.1, -0.05) is 67.7 Å². The zero-order valence-electron chi connectivity index (χ0n) is 36.0. The zero-order chi connectivity index (χ0) is 44.7. The molecule has 0 bridgehead atoms. The first-order chi connectivity index (χ1) is 27.1. The van der Waals surface area contributed by atoms with E-state index in [1.807, 2.05) is 6.92 Å². The van der Waals surface area contributed by atoms with Gasteiger partial charge in [-0.25, -0.2) is 0 Å². The molecule has 9 atom stereocenters. The highest BCUT2D eigenvalue weighted by molar-refractivity contribution is 5.97. The topological polar surface area (TPSA) is 317 Å². The standard InChI is InChI=1S/C38H71N11O9/c1-11-16-25(33(54)47-29(21(7)12-2)35(56)45-26(32(53)41-14-4)17-15-18-42-38(39)40)44-37(58)31(23(9)50)49-36(57)30(22(8)13-3)48-34(55)28(20(5)6)46-27(52)19-43-24(10)51/h20-23,25-26,28-31,50H,11-19H2,1-10H3,(H,41,53)(H,43,51)(H,44,58)(H,45,56)(H,46,52)(H,47,54)(H,48,55)(H,49,57)(H4,39,40,42)/t21-,22-,23+,25-,26-,28-,29-,30+,31-/m0/s1. The van der Waals surface area contributed by atoms with Crippen LogP contribution in [0.1, 0.15) is 108 Å². The van der Waals surface area contributed by atoms with E-state index in [0.717, 1.165) is 0 Å². The molecule has 0 fully saturated rings. The summed E-state index contributed by atoms with van der Waals surface area (Å²) in [6.07, 6.45) is 0.619. The Bertz CT molecular complexity index is 1410. The molecule has 0 aromatic heterocycles. The van der Waals surface area contributed by atoms with Crippen LogP contribution in [0.15, 0.2) is 4.99 Å². The molecule has 0 saturated carbocycles. The monoisotopic (exact) mass is 826 g/mol. The number of guanidine groups is 1. The van der Waals surface area contributed by atoms with Crippen LogP contribution in [0.3, 0.4) is 0 Å². The third-order valence-corrected chi connectivity index (χ3v) is 9.55. The van der Waals surface area contributed by atoms with Crippen LogP contribution < -0.4 is 54.0 Å². The van der Waals surface area contributed by atoms with Gasteiger partial charge in [-0.05, 0) is 50.9 Å². The highest BCUT2D eigenvalue weighted by Gasteiger charge is 2.37. The average molecular weight is 826 g/mol. The second-order valence-electron chi connectivity index (χ2n) is 14.9. The number of hydrogen-bond donors (Lipinski definition) is 11. The van der Waals surface area contributed by atoms with E-state index in [2.05, 4.69) is 47.5 Å². The average Bonchev–Trinajstić information content (AvgIpc) is 3.15. The number of likely N-dealkylation sites (N-methyl/N-ethyl adjacent to an activating group) is 1. The van der Waals surface area contributed by atoms with Gasteiger partial charge in [0.05, 0.1) is 12.6 Å². The minimum Gasteiger partial charge on any atom is -0.391 e. The van der Waals surface area contributed by atoms with E-state index in [-0.39, 0.29) is 31.9 Å². The van der Waals surface area contributed by atoms with E-state index in [1.54, 1.807) is 48.5 Å². The molecule has 8 amide bonds. The number of nitrogens with zero attached hydrogens (tertiary/aromatic N) is 1. The Morgan fingerprint density at radius 1 is 0.586 bits per heavy atom. The molecule has 20 heteroatoms. The van der Waals surface area contributed by atoms with Crippen LogP contribution in [-0.2, 0) is 38.4 Å². The zero-order valence-corrected chi connectivity index (χ0v) is 36.0. The summed E-state index contributed by atoms with van der Waals surface area (Å²) in [7, 11) is 0. The van der Waals surface area contributed by atoms with Gasteiger partial charge in [0.1, 0.15) is 36.3 Å².